The Labute approximate surface area is 139 Å². The number of fused-ring (bicyclic) bond motifs is 1. The van der Waals surface area contributed by atoms with Crippen molar-refractivity contribution in [1.29, 1.82) is 0 Å². The van der Waals surface area contributed by atoms with E-state index in [1.165, 1.54) is 12.1 Å². The Bertz CT molecular complexity index is 901. The molecule has 0 saturated carbocycles. The van der Waals surface area contributed by atoms with E-state index in [0.717, 1.165) is 30.0 Å². The zero-order chi connectivity index (χ0) is 16.7. The van der Waals surface area contributed by atoms with Crippen molar-refractivity contribution in [3.05, 3.63) is 77.0 Å². The van der Waals surface area contributed by atoms with Gasteiger partial charge in [-0.25, -0.2) is 8.78 Å². The summed E-state index contributed by atoms with van der Waals surface area (Å²) < 4.78 is 30.1. The largest absolute Gasteiger partial charge is 0.296 e. The Morgan fingerprint density at radius 1 is 0.958 bits per heavy atom. The predicted molar refractivity (Wildman–Crippen MR) is 88.3 cm³/mol. The van der Waals surface area contributed by atoms with E-state index in [4.69, 9.17) is 0 Å². The Hall–Kier alpha value is -2.53. The first-order valence-electron chi connectivity index (χ1n) is 7.89. The van der Waals surface area contributed by atoms with Crippen LogP contribution in [0.2, 0.25) is 0 Å². The molecule has 122 valence electrons. The molecule has 0 atom stereocenters. The van der Waals surface area contributed by atoms with Crippen LogP contribution in [0.25, 0.3) is 11.3 Å². The molecule has 5 heteroatoms. The summed E-state index contributed by atoms with van der Waals surface area (Å²) in [6, 6.07) is 13.3. The lowest BCUT2D eigenvalue weighted by molar-refractivity contribution is 0.346. The monoisotopic (exact) mass is 325 g/mol. The second-order valence-corrected chi connectivity index (χ2v) is 6.18. The van der Waals surface area contributed by atoms with Crippen LogP contribution in [0.15, 0.2) is 48.5 Å². The fourth-order valence-electron chi connectivity index (χ4n) is 3.28. The summed E-state index contributed by atoms with van der Waals surface area (Å²) in [4.78, 5) is 2.13. The van der Waals surface area contributed by atoms with Gasteiger partial charge in [0.1, 0.15) is 11.6 Å². The van der Waals surface area contributed by atoms with Gasteiger partial charge in [-0.1, -0.05) is 30.3 Å². The molecule has 0 unspecified atom stereocenters. The minimum atomic E-state index is -0.287. The maximum absolute atomic E-state index is 14.4. The first kappa shape index (κ1) is 15.0. The van der Waals surface area contributed by atoms with Gasteiger partial charge in [0.25, 0.3) is 0 Å². The van der Waals surface area contributed by atoms with Crippen molar-refractivity contribution in [1.82, 2.24) is 14.7 Å². The topological polar surface area (TPSA) is 21.1 Å². The maximum Gasteiger partial charge on any atom is 0.132 e. The Kier molecular flexibility index (Phi) is 3.65. The maximum atomic E-state index is 14.4. The number of aromatic nitrogens is 2. The summed E-state index contributed by atoms with van der Waals surface area (Å²) in [5.74, 6) is -0.561. The van der Waals surface area contributed by atoms with Crippen LogP contribution in [0.5, 0.6) is 0 Å². The molecule has 2 heterocycles. The highest BCUT2D eigenvalue weighted by molar-refractivity contribution is 5.66. The molecule has 4 rings (SSSR count). The van der Waals surface area contributed by atoms with Gasteiger partial charge in [-0.05, 0) is 25.2 Å². The van der Waals surface area contributed by atoms with E-state index in [1.807, 2.05) is 13.1 Å². The van der Waals surface area contributed by atoms with Crippen molar-refractivity contribution in [3.63, 3.8) is 0 Å². The van der Waals surface area contributed by atoms with Crippen molar-refractivity contribution in [2.75, 3.05) is 7.05 Å². The molecule has 2 aromatic carbocycles. The summed E-state index contributed by atoms with van der Waals surface area (Å²) >= 11 is 0. The van der Waals surface area contributed by atoms with E-state index in [2.05, 4.69) is 10.00 Å². The van der Waals surface area contributed by atoms with Crippen molar-refractivity contribution in [3.8, 4) is 11.3 Å². The molecule has 3 aromatic rings. The molecule has 1 aliphatic rings. The van der Waals surface area contributed by atoms with E-state index in [-0.39, 0.29) is 18.2 Å². The Morgan fingerprint density at radius 2 is 1.67 bits per heavy atom. The standard InChI is InChI=1S/C19H17F2N3/c1-23-11-15-18(12-23)22-24(10-13-6-2-4-8-16(13)20)19(15)14-7-3-5-9-17(14)21/h2-9H,10-12H2,1H3. The third kappa shape index (κ3) is 2.51. The molecular weight excluding hydrogens is 308 g/mol. The molecule has 0 amide bonds. The van der Waals surface area contributed by atoms with Gasteiger partial charge in [0.05, 0.1) is 17.9 Å². The van der Waals surface area contributed by atoms with Gasteiger partial charge in [0, 0.05) is 29.8 Å². The molecule has 0 saturated heterocycles. The minimum absolute atomic E-state index is 0.273. The number of hydrogen-bond acceptors (Lipinski definition) is 2. The Morgan fingerprint density at radius 3 is 2.42 bits per heavy atom. The van der Waals surface area contributed by atoms with Crippen LogP contribution in [-0.4, -0.2) is 21.7 Å². The van der Waals surface area contributed by atoms with Gasteiger partial charge in [-0.3, -0.25) is 9.58 Å². The molecule has 3 nitrogen and oxygen atoms in total. The SMILES string of the molecule is CN1Cc2nn(Cc3ccccc3F)c(-c3ccccc3F)c2C1. The lowest BCUT2D eigenvalue weighted by Crippen LogP contribution is -2.13. The van der Waals surface area contributed by atoms with Crippen LogP contribution in [-0.2, 0) is 19.6 Å². The molecular formula is C19H17F2N3. The van der Waals surface area contributed by atoms with Crippen LogP contribution < -0.4 is 0 Å². The van der Waals surface area contributed by atoms with Gasteiger partial charge in [0.2, 0.25) is 0 Å². The molecule has 24 heavy (non-hydrogen) atoms. The van der Waals surface area contributed by atoms with Crippen molar-refractivity contribution >= 4 is 0 Å². The summed E-state index contributed by atoms with van der Waals surface area (Å²) in [5, 5.41) is 4.64. The second kappa shape index (κ2) is 5.83. The highest BCUT2D eigenvalue weighted by Crippen LogP contribution is 2.34. The number of rotatable bonds is 3. The third-order valence-electron chi connectivity index (χ3n) is 4.39. The van der Waals surface area contributed by atoms with E-state index in [0.29, 0.717) is 11.1 Å². The normalized spacial score (nSPS) is 14.1. The van der Waals surface area contributed by atoms with Crippen LogP contribution >= 0.6 is 0 Å². The molecule has 0 N–H and O–H groups in total. The number of benzene rings is 2. The van der Waals surface area contributed by atoms with E-state index in [1.54, 1.807) is 35.0 Å². The highest BCUT2D eigenvalue weighted by atomic mass is 19.1. The minimum Gasteiger partial charge on any atom is -0.296 e. The summed E-state index contributed by atoms with van der Waals surface area (Å²) in [5.41, 5.74) is 3.77. The molecule has 0 spiro atoms. The summed E-state index contributed by atoms with van der Waals surface area (Å²) in [6.45, 7) is 1.73. The average Bonchev–Trinajstić information content (AvgIpc) is 3.06. The highest BCUT2D eigenvalue weighted by Gasteiger charge is 2.27. The zero-order valence-corrected chi connectivity index (χ0v) is 13.3. The fourth-order valence-corrected chi connectivity index (χ4v) is 3.28. The van der Waals surface area contributed by atoms with E-state index >= 15 is 0 Å². The van der Waals surface area contributed by atoms with Crippen molar-refractivity contribution in [2.24, 2.45) is 0 Å². The van der Waals surface area contributed by atoms with Gasteiger partial charge < -0.3 is 0 Å². The van der Waals surface area contributed by atoms with Gasteiger partial charge in [0.15, 0.2) is 0 Å². The molecule has 0 fully saturated rings. The van der Waals surface area contributed by atoms with Crippen molar-refractivity contribution in [2.45, 2.75) is 19.6 Å². The smallest absolute Gasteiger partial charge is 0.132 e. The first-order valence-corrected chi connectivity index (χ1v) is 7.89. The number of nitrogens with zero attached hydrogens (tertiary/aromatic N) is 3. The van der Waals surface area contributed by atoms with Gasteiger partial charge in [-0.2, -0.15) is 5.10 Å². The van der Waals surface area contributed by atoms with Crippen molar-refractivity contribution < 1.29 is 8.78 Å². The first-order chi connectivity index (χ1) is 11.6. The quantitative estimate of drug-likeness (QED) is 0.730. The molecule has 0 bridgehead atoms. The predicted octanol–water partition coefficient (Wildman–Crippen LogP) is 3.82. The molecule has 0 radical (unpaired) electrons. The number of hydrogen-bond donors (Lipinski definition) is 0. The third-order valence-corrected chi connectivity index (χ3v) is 4.39. The summed E-state index contributed by atoms with van der Waals surface area (Å²) in [6.07, 6.45) is 0. The fraction of sp³-hybridized carbons (Fsp3) is 0.211. The molecule has 1 aliphatic heterocycles. The van der Waals surface area contributed by atoms with Crippen LogP contribution in [0.1, 0.15) is 16.8 Å². The second-order valence-electron chi connectivity index (χ2n) is 6.18. The van der Waals surface area contributed by atoms with Gasteiger partial charge in [-0.15, -0.1) is 0 Å². The van der Waals surface area contributed by atoms with Crippen LogP contribution in [0.4, 0.5) is 8.78 Å². The molecule has 0 aliphatic carbocycles. The number of halogens is 2. The van der Waals surface area contributed by atoms with Crippen LogP contribution in [0, 0.1) is 11.6 Å². The molecule has 1 aromatic heterocycles. The lowest BCUT2D eigenvalue weighted by atomic mass is 10.1. The lowest BCUT2D eigenvalue weighted by Gasteiger charge is -2.13. The van der Waals surface area contributed by atoms with Gasteiger partial charge >= 0.3 is 0 Å². The van der Waals surface area contributed by atoms with E-state index < -0.39 is 0 Å². The average molecular weight is 325 g/mol. The zero-order valence-electron chi connectivity index (χ0n) is 13.3. The Balaban J connectivity index is 1.85. The van der Waals surface area contributed by atoms with E-state index in [9.17, 15) is 8.78 Å². The van der Waals surface area contributed by atoms with Crippen LogP contribution in [0.3, 0.4) is 0 Å². The summed E-state index contributed by atoms with van der Waals surface area (Å²) in [7, 11) is 2.01.